The van der Waals surface area contributed by atoms with Crippen molar-refractivity contribution in [3.05, 3.63) is 12.2 Å². The topological polar surface area (TPSA) is 95.9 Å². The number of aliphatic hydroxyl groups is 2. The van der Waals surface area contributed by atoms with Crippen LogP contribution in [0.5, 0.6) is 0 Å². The molecule has 6 heteroatoms. The largest absolute Gasteiger partial charge is 0.466 e. The maximum atomic E-state index is 12.4. The number of nitrogens with one attached hydrogen (secondary N) is 1. The van der Waals surface area contributed by atoms with E-state index in [-0.39, 0.29) is 18.5 Å². The monoisotopic (exact) mass is 1020 g/mol. The molecule has 0 saturated heterocycles. The molecule has 0 heterocycles. The Kier molecular flexibility index (Phi) is 60.9. The highest BCUT2D eigenvalue weighted by Gasteiger charge is 2.20. The van der Waals surface area contributed by atoms with E-state index in [2.05, 4.69) is 31.3 Å². The second kappa shape index (κ2) is 62.1. The highest BCUT2D eigenvalue weighted by molar-refractivity contribution is 5.76. The Hall–Kier alpha value is -1.40. The molecule has 2 unspecified atom stereocenters. The van der Waals surface area contributed by atoms with E-state index in [0.717, 1.165) is 38.5 Å². The van der Waals surface area contributed by atoms with Crippen molar-refractivity contribution in [2.75, 3.05) is 13.2 Å². The minimum atomic E-state index is -0.659. The second-order valence-corrected chi connectivity index (χ2v) is 22.8. The number of allylic oxidation sites excluding steroid dienone is 2. The minimum Gasteiger partial charge on any atom is -0.466 e. The summed E-state index contributed by atoms with van der Waals surface area (Å²) in [5.41, 5.74) is 0. The van der Waals surface area contributed by atoms with Crippen molar-refractivity contribution in [3.8, 4) is 0 Å². The molecule has 428 valence electrons. The molecule has 0 aromatic rings. The van der Waals surface area contributed by atoms with Crippen LogP contribution in [0.25, 0.3) is 0 Å². The van der Waals surface area contributed by atoms with Gasteiger partial charge in [-0.25, -0.2) is 0 Å². The summed E-state index contributed by atoms with van der Waals surface area (Å²) >= 11 is 0. The van der Waals surface area contributed by atoms with Crippen LogP contribution in [0, 0.1) is 0 Å². The first-order valence-electron chi connectivity index (χ1n) is 32.9. The van der Waals surface area contributed by atoms with Gasteiger partial charge < -0.3 is 20.3 Å². The zero-order valence-electron chi connectivity index (χ0n) is 48.9. The number of carbonyl (C=O) groups excluding carboxylic acids is 2. The molecule has 6 nitrogen and oxygen atoms in total. The normalized spacial score (nSPS) is 12.6. The van der Waals surface area contributed by atoms with Gasteiger partial charge in [-0.3, -0.25) is 9.59 Å². The van der Waals surface area contributed by atoms with E-state index < -0.39 is 12.1 Å². The fourth-order valence-electron chi connectivity index (χ4n) is 10.5. The third-order valence-corrected chi connectivity index (χ3v) is 15.6. The average molecular weight is 1020 g/mol. The smallest absolute Gasteiger partial charge is 0.305 e. The van der Waals surface area contributed by atoms with Gasteiger partial charge in [-0.2, -0.15) is 0 Å². The molecule has 0 bridgehead atoms. The minimum absolute atomic E-state index is 0.0199. The first-order chi connectivity index (χ1) is 35.5. The molecule has 0 saturated carbocycles. The van der Waals surface area contributed by atoms with Gasteiger partial charge in [-0.1, -0.05) is 321 Å². The summed E-state index contributed by atoms with van der Waals surface area (Å²) < 4.78 is 5.48. The molecule has 0 aromatic heterocycles. The van der Waals surface area contributed by atoms with Crippen molar-refractivity contribution < 1.29 is 24.5 Å². The van der Waals surface area contributed by atoms with Gasteiger partial charge >= 0.3 is 5.97 Å². The van der Waals surface area contributed by atoms with Gasteiger partial charge in [0.15, 0.2) is 0 Å². The molecule has 0 radical (unpaired) electrons. The summed E-state index contributed by atoms with van der Waals surface area (Å²) in [4.78, 5) is 24.5. The van der Waals surface area contributed by atoms with Gasteiger partial charge in [0, 0.05) is 12.8 Å². The summed E-state index contributed by atoms with van der Waals surface area (Å²) in [5, 5.41) is 23.2. The quantitative estimate of drug-likeness (QED) is 0.0320. The van der Waals surface area contributed by atoms with Crippen LogP contribution >= 0.6 is 0 Å². The Balaban J connectivity index is 3.31. The average Bonchev–Trinajstić information content (AvgIpc) is 3.38. The fourth-order valence-corrected chi connectivity index (χ4v) is 10.5. The number of hydrogen-bond acceptors (Lipinski definition) is 5. The Bertz CT molecular complexity index is 1080. The molecule has 1 amide bonds. The number of ether oxygens (including phenoxy) is 1. The van der Waals surface area contributed by atoms with Crippen LogP contribution in [0.1, 0.15) is 373 Å². The van der Waals surface area contributed by atoms with Crippen molar-refractivity contribution in [3.63, 3.8) is 0 Å². The SMILES string of the molecule is CCCCCCCCCCCCCCC(=O)OCCCCCCCCCCCCCC/C=C\CCCCCCCCCCCCCCCCCCCC(=O)NC(CO)C(O)CCCCCCCCCCCC. The first kappa shape index (κ1) is 70.6. The van der Waals surface area contributed by atoms with Crippen LogP contribution in [-0.4, -0.2) is 47.4 Å². The van der Waals surface area contributed by atoms with Crippen LogP contribution in [-0.2, 0) is 14.3 Å². The Morgan fingerprint density at radius 2 is 0.653 bits per heavy atom. The van der Waals surface area contributed by atoms with Crippen LogP contribution in [0.2, 0.25) is 0 Å². The molecule has 72 heavy (non-hydrogen) atoms. The summed E-state index contributed by atoms with van der Waals surface area (Å²) in [6.45, 7) is 4.96. The second-order valence-electron chi connectivity index (χ2n) is 22.8. The lowest BCUT2D eigenvalue weighted by atomic mass is 10.0. The Morgan fingerprint density at radius 1 is 0.375 bits per heavy atom. The lowest BCUT2D eigenvalue weighted by Crippen LogP contribution is -2.45. The number of aliphatic hydroxyl groups excluding tert-OH is 2. The zero-order chi connectivity index (χ0) is 52.2. The summed E-state index contributed by atoms with van der Waals surface area (Å²) in [5.74, 6) is -0.0118. The first-order valence-corrected chi connectivity index (χ1v) is 32.9. The van der Waals surface area contributed by atoms with Crippen LogP contribution < -0.4 is 5.32 Å². The number of rotatable bonds is 62. The van der Waals surface area contributed by atoms with Crippen molar-refractivity contribution in [2.45, 2.75) is 386 Å². The van der Waals surface area contributed by atoms with Gasteiger partial charge in [0.1, 0.15) is 0 Å². The van der Waals surface area contributed by atoms with Gasteiger partial charge in [0.05, 0.1) is 25.4 Å². The van der Waals surface area contributed by atoms with Gasteiger partial charge in [-0.15, -0.1) is 0 Å². The van der Waals surface area contributed by atoms with E-state index in [4.69, 9.17) is 4.74 Å². The molecule has 2 atom stereocenters. The fraction of sp³-hybridized carbons (Fsp3) is 0.939. The van der Waals surface area contributed by atoms with Gasteiger partial charge in [0.25, 0.3) is 0 Å². The molecule has 0 fully saturated rings. The van der Waals surface area contributed by atoms with Gasteiger partial charge in [0.2, 0.25) is 5.91 Å². The molecule has 3 N–H and O–H groups in total. The van der Waals surface area contributed by atoms with E-state index in [1.165, 1.54) is 302 Å². The number of unbranched alkanes of at least 4 members (excludes halogenated alkanes) is 49. The van der Waals surface area contributed by atoms with E-state index in [0.29, 0.717) is 25.9 Å². The molecule has 0 aliphatic carbocycles. The lowest BCUT2D eigenvalue weighted by Gasteiger charge is -2.22. The molecular weight excluding hydrogens is 887 g/mol. The molecule has 0 aliphatic rings. The highest BCUT2D eigenvalue weighted by atomic mass is 16.5. The zero-order valence-corrected chi connectivity index (χ0v) is 48.9. The summed E-state index contributed by atoms with van der Waals surface area (Å²) in [7, 11) is 0. The predicted molar refractivity (Wildman–Crippen MR) is 315 cm³/mol. The van der Waals surface area contributed by atoms with Gasteiger partial charge in [-0.05, 0) is 51.4 Å². The maximum absolute atomic E-state index is 12.4. The molecule has 0 spiro atoms. The maximum Gasteiger partial charge on any atom is 0.305 e. The molecule has 0 rings (SSSR count). The van der Waals surface area contributed by atoms with Crippen molar-refractivity contribution in [1.29, 1.82) is 0 Å². The van der Waals surface area contributed by atoms with E-state index >= 15 is 0 Å². The summed E-state index contributed by atoms with van der Waals surface area (Å²) in [6.07, 6.45) is 75.5. The van der Waals surface area contributed by atoms with Crippen molar-refractivity contribution in [1.82, 2.24) is 5.32 Å². The molecule has 0 aliphatic heterocycles. The lowest BCUT2D eigenvalue weighted by molar-refractivity contribution is -0.143. The number of esters is 1. The van der Waals surface area contributed by atoms with Crippen molar-refractivity contribution in [2.24, 2.45) is 0 Å². The number of amides is 1. The predicted octanol–water partition coefficient (Wildman–Crippen LogP) is 20.8. The standard InChI is InChI=1S/C66H129NO5/c1-3-5-7-9-11-13-15-40-44-48-52-56-60-66(71)72-61-57-53-49-45-41-38-36-34-32-30-28-26-24-22-20-18-16-17-19-21-23-25-27-29-31-33-35-37-39-43-47-51-55-59-65(70)67-63(62-68)64(69)58-54-50-46-42-14-12-10-8-6-4-2/h20,22,63-64,68-69H,3-19,21,23-62H2,1-2H3,(H,67,70)/b22-20-. The Morgan fingerprint density at radius 3 is 0.986 bits per heavy atom. The third-order valence-electron chi connectivity index (χ3n) is 15.6. The third kappa shape index (κ3) is 57.9. The van der Waals surface area contributed by atoms with E-state index in [9.17, 15) is 19.8 Å². The Labute approximate surface area is 450 Å². The van der Waals surface area contributed by atoms with Crippen molar-refractivity contribution >= 4 is 11.9 Å². The van der Waals surface area contributed by atoms with E-state index in [1.807, 2.05) is 0 Å². The van der Waals surface area contributed by atoms with Crippen LogP contribution in [0.4, 0.5) is 0 Å². The molecule has 0 aromatic carbocycles. The highest BCUT2D eigenvalue weighted by Crippen LogP contribution is 2.18. The van der Waals surface area contributed by atoms with Crippen LogP contribution in [0.15, 0.2) is 12.2 Å². The van der Waals surface area contributed by atoms with E-state index in [1.54, 1.807) is 0 Å². The van der Waals surface area contributed by atoms with Crippen LogP contribution in [0.3, 0.4) is 0 Å². The molecular formula is C66H129NO5. The number of hydrogen-bond donors (Lipinski definition) is 3. The number of carbonyl (C=O) groups is 2. The summed E-state index contributed by atoms with van der Waals surface area (Å²) in [6, 6.07) is -0.536.